The molecule has 1 N–H and O–H groups in total. The summed E-state index contributed by atoms with van der Waals surface area (Å²) in [4.78, 5) is 16.6. The van der Waals surface area contributed by atoms with Crippen molar-refractivity contribution in [3.8, 4) is 5.75 Å². The van der Waals surface area contributed by atoms with Gasteiger partial charge in [-0.2, -0.15) is 0 Å². The number of amides is 1. The van der Waals surface area contributed by atoms with Gasteiger partial charge in [-0.1, -0.05) is 11.8 Å². The molecule has 0 aliphatic heterocycles. The number of hydrogen-bond donors (Lipinski definition) is 1. The van der Waals surface area contributed by atoms with Crippen molar-refractivity contribution < 1.29 is 17.9 Å². The average Bonchev–Trinajstić information content (AvgIpc) is 2.63. The van der Waals surface area contributed by atoms with Crippen molar-refractivity contribution >= 4 is 33.4 Å². The van der Waals surface area contributed by atoms with Crippen molar-refractivity contribution in [1.29, 1.82) is 0 Å². The molecule has 0 aliphatic carbocycles. The summed E-state index contributed by atoms with van der Waals surface area (Å²) < 4.78 is 30.6. The van der Waals surface area contributed by atoms with Gasteiger partial charge in [0.15, 0.2) is 0 Å². The molecule has 1 aromatic carbocycles. The van der Waals surface area contributed by atoms with Gasteiger partial charge in [-0.05, 0) is 50.2 Å². The standard InChI is InChI=1S/C18H23N3O4S2/c1-5-25-15-8-6-14(7-9-15)20-18(22)13(2)26-17-11-10-16(12-19-17)27(23,24)21(3)4/h6-13H,5H2,1-4H3,(H,20,22). The lowest BCUT2D eigenvalue weighted by molar-refractivity contribution is -0.115. The van der Waals surface area contributed by atoms with Gasteiger partial charge in [-0.25, -0.2) is 17.7 Å². The molecule has 27 heavy (non-hydrogen) atoms. The Balaban J connectivity index is 1.97. The minimum atomic E-state index is -3.51. The van der Waals surface area contributed by atoms with Gasteiger partial charge in [0.2, 0.25) is 15.9 Å². The Labute approximate surface area is 164 Å². The molecule has 1 unspecified atom stereocenters. The van der Waals surface area contributed by atoms with Crippen molar-refractivity contribution in [3.63, 3.8) is 0 Å². The Bertz CT molecular complexity index is 866. The fourth-order valence-electron chi connectivity index (χ4n) is 2.08. The van der Waals surface area contributed by atoms with E-state index in [9.17, 15) is 13.2 Å². The van der Waals surface area contributed by atoms with Crippen LogP contribution in [-0.2, 0) is 14.8 Å². The van der Waals surface area contributed by atoms with Crippen molar-refractivity contribution in [2.75, 3.05) is 26.0 Å². The lowest BCUT2D eigenvalue weighted by Crippen LogP contribution is -2.23. The molecule has 0 aliphatic rings. The second-order valence-electron chi connectivity index (χ2n) is 5.83. The average molecular weight is 410 g/mol. The van der Waals surface area contributed by atoms with E-state index in [1.807, 2.05) is 6.92 Å². The molecule has 7 nitrogen and oxygen atoms in total. The van der Waals surface area contributed by atoms with Gasteiger partial charge in [0, 0.05) is 26.0 Å². The number of carbonyl (C=O) groups excluding carboxylic acids is 1. The summed E-state index contributed by atoms with van der Waals surface area (Å²) in [5, 5.41) is 3.01. The number of nitrogens with one attached hydrogen (secondary N) is 1. The highest BCUT2D eigenvalue weighted by molar-refractivity contribution is 8.00. The Kier molecular flexibility index (Phi) is 7.23. The van der Waals surface area contributed by atoms with Crippen LogP contribution in [0.5, 0.6) is 5.75 Å². The number of thioether (sulfide) groups is 1. The van der Waals surface area contributed by atoms with Crippen LogP contribution in [0.3, 0.4) is 0 Å². The first kappa shape index (κ1) is 21.2. The zero-order valence-electron chi connectivity index (χ0n) is 15.7. The predicted octanol–water partition coefficient (Wildman–Crippen LogP) is 2.85. The van der Waals surface area contributed by atoms with E-state index in [1.165, 1.54) is 38.1 Å². The summed E-state index contributed by atoms with van der Waals surface area (Å²) in [6.07, 6.45) is 1.30. The summed E-state index contributed by atoms with van der Waals surface area (Å²) >= 11 is 1.25. The third-order valence-corrected chi connectivity index (χ3v) is 6.44. The van der Waals surface area contributed by atoms with Crippen LogP contribution < -0.4 is 10.1 Å². The summed E-state index contributed by atoms with van der Waals surface area (Å²) in [5.74, 6) is 0.575. The molecule has 0 saturated heterocycles. The fourth-order valence-corrected chi connectivity index (χ4v) is 3.72. The van der Waals surface area contributed by atoms with Gasteiger partial charge >= 0.3 is 0 Å². The Morgan fingerprint density at radius 3 is 2.41 bits per heavy atom. The minimum Gasteiger partial charge on any atom is -0.494 e. The summed E-state index contributed by atoms with van der Waals surface area (Å²) in [6.45, 7) is 4.26. The van der Waals surface area contributed by atoms with Crippen LogP contribution in [0.15, 0.2) is 52.5 Å². The second-order valence-corrected chi connectivity index (χ2v) is 9.34. The van der Waals surface area contributed by atoms with Crippen molar-refractivity contribution in [3.05, 3.63) is 42.6 Å². The fraction of sp³-hybridized carbons (Fsp3) is 0.333. The molecule has 1 aromatic heterocycles. The number of sulfonamides is 1. The maximum absolute atomic E-state index is 12.3. The lowest BCUT2D eigenvalue weighted by Gasteiger charge is -2.13. The molecule has 1 atom stereocenters. The first-order chi connectivity index (χ1) is 12.7. The molecule has 0 fully saturated rings. The van der Waals surface area contributed by atoms with E-state index in [0.29, 0.717) is 17.3 Å². The maximum Gasteiger partial charge on any atom is 0.244 e. The highest BCUT2D eigenvalue weighted by Crippen LogP contribution is 2.24. The van der Waals surface area contributed by atoms with E-state index in [-0.39, 0.29) is 10.8 Å². The van der Waals surface area contributed by atoms with Crippen LogP contribution >= 0.6 is 11.8 Å². The van der Waals surface area contributed by atoms with E-state index in [1.54, 1.807) is 37.3 Å². The molecule has 2 rings (SSSR count). The minimum absolute atomic E-state index is 0.114. The largest absolute Gasteiger partial charge is 0.494 e. The third-order valence-electron chi connectivity index (χ3n) is 3.59. The van der Waals surface area contributed by atoms with Gasteiger partial charge in [0.05, 0.1) is 16.9 Å². The van der Waals surface area contributed by atoms with Crippen LogP contribution in [0.4, 0.5) is 5.69 Å². The van der Waals surface area contributed by atoms with Gasteiger partial charge in [0.25, 0.3) is 0 Å². The molecular formula is C18H23N3O4S2. The molecule has 0 radical (unpaired) electrons. The molecule has 0 saturated carbocycles. The molecular weight excluding hydrogens is 386 g/mol. The summed E-state index contributed by atoms with van der Waals surface area (Å²) in [7, 11) is -0.588. The third kappa shape index (κ3) is 5.69. The van der Waals surface area contributed by atoms with Crippen molar-refractivity contribution in [2.24, 2.45) is 0 Å². The number of rotatable bonds is 8. The topological polar surface area (TPSA) is 88.6 Å². The number of anilines is 1. The zero-order valence-corrected chi connectivity index (χ0v) is 17.3. The zero-order chi connectivity index (χ0) is 20.0. The van der Waals surface area contributed by atoms with Crippen LogP contribution in [0.1, 0.15) is 13.8 Å². The molecule has 9 heteroatoms. The van der Waals surface area contributed by atoms with Crippen LogP contribution in [0, 0.1) is 0 Å². The Morgan fingerprint density at radius 1 is 1.22 bits per heavy atom. The van der Waals surface area contributed by atoms with Crippen molar-refractivity contribution in [2.45, 2.75) is 29.0 Å². The van der Waals surface area contributed by atoms with Gasteiger partial charge in [0.1, 0.15) is 10.6 Å². The molecule has 0 spiro atoms. The van der Waals surface area contributed by atoms with E-state index >= 15 is 0 Å². The number of pyridine rings is 1. The number of aromatic nitrogens is 1. The maximum atomic E-state index is 12.3. The summed E-state index contributed by atoms with van der Waals surface area (Å²) in [5.41, 5.74) is 0.677. The number of hydrogen-bond acceptors (Lipinski definition) is 6. The molecule has 1 amide bonds. The lowest BCUT2D eigenvalue weighted by atomic mass is 10.3. The smallest absolute Gasteiger partial charge is 0.244 e. The molecule has 2 aromatic rings. The van der Waals surface area contributed by atoms with E-state index < -0.39 is 15.3 Å². The number of carbonyl (C=O) groups is 1. The van der Waals surface area contributed by atoms with Crippen LogP contribution in [0.25, 0.3) is 0 Å². The number of benzene rings is 1. The van der Waals surface area contributed by atoms with Crippen molar-refractivity contribution in [1.82, 2.24) is 9.29 Å². The van der Waals surface area contributed by atoms with Crippen LogP contribution in [-0.4, -0.2) is 49.6 Å². The highest BCUT2D eigenvalue weighted by atomic mass is 32.2. The predicted molar refractivity (Wildman–Crippen MR) is 107 cm³/mol. The second kappa shape index (κ2) is 9.20. The van der Waals surface area contributed by atoms with Gasteiger partial charge in [-0.3, -0.25) is 4.79 Å². The van der Waals surface area contributed by atoms with Gasteiger partial charge < -0.3 is 10.1 Å². The summed E-state index contributed by atoms with van der Waals surface area (Å²) in [6, 6.07) is 10.2. The molecule has 1 heterocycles. The van der Waals surface area contributed by atoms with E-state index in [4.69, 9.17) is 4.74 Å². The normalized spacial score (nSPS) is 12.6. The van der Waals surface area contributed by atoms with Crippen LogP contribution in [0.2, 0.25) is 0 Å². The Morgan fingerprint density at radius 2 is 1.89 bits per heavy atom. The van der Waals surface area contributed by atoms with Gasteiger partial charge in [-0.15, -0.1) is 0 Å². The SMILES string of the molecule is CCOc1ccc(NC(=O)C(C)Sc2ccc(S(=O)(=O)N(C)C)cn2)cc1. The van der Waals surface area contributed by atoms with E-state index in [0.717, 1.165) is 10.1 Å². The molecule has 146 valence electrons. The quantitative estimate of drug-likeness (QED) is 0.675. The molecule has 0 bridgehead atoms. The first-order valence-electron chi connectivity index (χ1n) is 8.33. The Hall–Kier alpha value is -2.10. The highest BCUT2D eigenvalue weighted by Gasteiger charge is 2.19. The first-order valence-corrected chi connectivity index (χ1v) is 10.6. The number of ether oxygens (including phenoxy) is 1. The van der Waals surface area contributed by atoms with E-state index in [2.05, 4.69) is 10.3 Å². The monoisotopic (exact) mass is 409 g/mol. The number of nitrogens with zero attached hydrogens (tertiary/aromatic N) is 2.